The van der Waals surface area contributed by atoms with Crippen molar-refractivity contribution in [3.63, 3.8) is 0 Å². The van der Waals surface area contributed by atoms with E-state index in [1.54, 1.807) is 11.0 Å². The van der Waals surface area contributed by atoms with Gasteiger partial charge in [0.2, 0.25) is 5.91 Å². The van der Waals surface area contributed by atoms with E-state index in [9.17, 15) is 9.59 Å². The first-order valence-electron chi connectivity index (χ1n) is 6.06. The number of rotatable bonds is 7. The van der Waals surface area contributed by atoms with Crippen LogP contribution in [0.15, 0.2) is 12.1 Å². The van der Waals surface area contributed by atoms with Gasteiger partial charge in [-0.25, -0.2) is 0 Å². The van der Waals surface area contributed by atoms with Gasteiger partial charge >= 0.3 is 0 Å². The Kier molecular flexibility index (Phi) is 6.01. The van der Waals surface area contributed by atoms with Crippen molar-refractivity contribution >= 4 is 23.0 Å². The lowest BCUT2D eigenvalue weighted by atomic mass is 10.2. The summed E-state index contributed by atoms with van der Waals surface area (Å²) in [4.78, 5) is 27.0. The Balaban J connectivity index is 2.45. The van der Waals surface area contributed by atoms with Crippen LogP contribution in [0.1, 0.15) is 34.3 Å². The Morgan fingerprint density at radius 3 is 2.56 bits per heavy atom. The van der Waals surface area contributed by atoms with E-state index in [2.05, 4.69) is 0 Å². The maximum absolute atomic E-state index is 11.8. The fourth-order valence-corrected chi connectivity index (χ4v) is 2.50. The minimum absolute atomic E-state index is 0.0153. The van der Waals surface area contributed by atoms with Crippen LogP contribution < -0.4 is 0 Å². The normalized spacial score (nSPS) is 10.4. The van der Waals surface area contributed by atoms with Gasteiger partial charge in [-0.3, -0.25) is 9.59 Å². The molecule has 0 saturated carbocycles. The third-order valence-corrected chi connectivity index (χ3v) is 3.73. The van der Waals surface area contributed by atoms with Crippen LogP contribution in [0, 0.1) is 6.92 Å². The first kappa shape index (κ1) is 14.9. The lowest BCUT2D eigenvalue weighted by molar-refractivity contribution is -0.131. The molecule has 4 nitrogen and oxygen atoms in total. The number of aliphatic hydroxyl groups is 1. The maximum atomic E-state index is 11.8. The molecule has 0 aliphatic rings. The summed E-state index contributed by atoms with van der Waals surface area (Å²) in [5.74, 6) is -0.0605. The standard InChI is InChI=1S/C13H19NO3S/c1-3-14(8-9-15)13(17)7-5-11(16)12-6-4-10(2)18-12/h4,6,15H,3,5,7-9H2,1-2H3. The van der Waals surface area contributed by atoms with Crippen molar-refractivity contribution in [1.29, 1.82) is 0 Å². The molecule has 5 heteroatoms. The lowest BCUT2D eigenvalue weighted by Crippen LogP contribution is -2.33. The minimum atomic E-state index is -0.0758. The second kappa shape index (κ2) is 7.28. The Morgan fingerprint density at radius 1 is 1.33 bits per heavy atom. The fourth-order valence-electron chi connectivity index (χ4n) is 1.67. The van der Waals surface area contributed by atoms with Crippen LogP contribution in [0.5, 0.6) is 0 Å². The van der Waals surface area contributed by atoms with Crippen molar-refractivity contribution in [2.24, 2.45) is 0 Å². The van der Waals surface area contributed by atoms with E-state index >= 15 is 0 Å². The quantitative estimate of drug-likeness (QED) is 0.769. The average Bonchev–Trinajstić information content (AvgIpc) is 2.79. The van der Waals surface area contributed by atoms with E-state index in [1.165, 1.54) is 11.3 Å². The van der Waals surface area contributed by atoms with Crippen LogP contribution >= 0.6 is 11.3 Å². The molecule has 0 aliphatic carbocycles. The molecular weight excluding hydrogens is 250 g/mol. The van der Waals surface area contributed by atoms with Crippen molar-refractivity contribution in [3.05, 3.63) is 21.9 Å². The summed E-state index contributed by atoms with van der Waals surface area (Å²) in [6, 6.07) is 3.71. The molecule has 0 fully saturated rings. The lowest BCUT2D eigenvalue weighted by Gasteiger charge is -2.19. The van der Waals surface area contributed by atoms with Gasteiger partial charge in [-0.1, -0.05) is 0 Å². The van der Waals surface area contributed by atoms with Gasteiger partial charge < -0.3 is 10.0 Å². The van der Waals surface area contributed by atoms with Crippen LogP contribution in [0.4, 0.5) is 0 Å². The predicted octanol–water partition coefficient (Wildman–Crippen LogP) is 1.86. The molecule has 1 heterocycles. The van der Waals surface area contributed by atoms with Crippen LogP contribution in [-0.2, 0) is 4.79 Å². The number of aliphatic hydroxyl groups excluding tert-OH is 1. The SMILES string of the molecule is CCN(CCO)C(=O)CCC(=O)c1ccc(C)s1. The number of hydrogen-bond acceptors (Lipinski definition) is 4. The zero-order valence-electron chi connectivity index (χ0n) is 10.8. The summed E-state index contributed by atoms with van der Waals surface area (Å²) in [5, 5.41) is 8.82. The third kappa shape index (κ3) is 4.23. The van der Waals surface area contributed by atoms with Crippen LogP contribution in [0.3, 0.4) is 0 Å². The summed E-state index contributed by atoms with van der Waals surface area (Å²) < 4.78 is 0. The van der Waals surface area contributed by atoms with E-state index in [4.69, 9.17) is 5.11 Å². The summed E-state index contributed by atoms with van der Waals surface area (Å²) in [5.41, 5.74) is 0. The third-order valence-electron chi connectivity index (χ3n) is 2.69. The number of Topliss-reactive ketones (excluding diaryl/α,β-unsaturated/α-hetero) is 1. The molecule has 0 aliphatic heterocycles. The van der Waals surface area contributed by atoms with Crippen LogP contribution in [0.2, 0.25) is 0 Å². The van der Waals surface area contributed by atoms with Gasteiger partial charge in [-0.2, -0.15) is 0 Å². The van der Waals surface area contributed by atoms with Crippen molar-refractivity contribution in [1.82, 2.24) is 4.90 Å². The molecule has 0 spiro atoms. The number of amides is 1. The van der Waals surface area contributed by atoms with E-state index in [-0.39, 0.29) is 31.1 Å². The number of thiophene rings is 1. The van der Waals surface area contributed by atoms with Gasteiger partial charge in [0, 0.05) is 30.8 Å². The average molecular weight is 269 g/mol. The second-order valence-electron chi connectivity index (χ2n) is 4.03. The molecule has 0 saturated heterocycles. The fraction of sp³-hybridized carbons (Fsp3) is 0.538. The van der Waals surface area contributed by atoms with Crippen LogP contribution in [-0.4, -0.2) is 41.4 Å². The Labute approximate surface area is 111 Å². The van der Waals surface area contributed by atoms with Crippen molar-refractivity contribution in [3.8, 4) is 0 Å². The molecule has 1 aromatic heterocycles. The minimum Gasteiger partial charge on any atom is -0.395 e. The molecule has 1 N–H and O–H groups in total. The number of likely N-dealkylation sites (N-methyl/N-ethyl adjacent to an activating group) is 1. The first-order valence-corrected chi connectivity index (χ1v) is 6.88. The summed E-state index contributed by atoms with van der Waals surface area (Å²) in [7, 11) is 0. The Morgan fingerprint density at radius 2 is 2.06 bits per heavy atom. The monoisotopic (exact) mass is 269 g/mol. The first-order chi connectivity index (χ1) is 8.58. The topological polar surface area (TPSA) is 57.6 Å². The highest BCUT2D eigenvalue weighted by Crippen LogP contribution is 2.17. The zero-order valence-corrected chi connectivity index (χ0v) is 11.6. The maximum Gasteiger partial charge on any atom is 0.223 e. The van der Waals surface area contributed by atoms with Gasteiger partial charge in [0.1, 0.15) is 0 Å². The molecule has 0 radical (unpaired) electrons. The number of carbonyl (C=O) groups is 2. The smallest absolute Gasteiger partial charge is 0.223 e. The molecular formula is C13H19NO3S. The number of ketones is 1. The number of nitrogens with zero attached hydrogens (tertiary/aromatic N) is 1. The molecule has 18 heavy (non-hydrogen) atoms. The van der Waals surface area contributed by atoms with E-state index in [0.717, 1.165) is 4.88 Å². The van der Waals surface area contributed by atoms with Gasteiger partial charge in [-0.15, -0.1) is 11.3 Å². The summed E-state index contributed by atoms with van der Waals surface area (Å²) >= 11 is 1.46. The highest BCUT2D eigenvalue weighted by Gasteiger charge is 2.14. The number of aryl methyl sites for hydroxylation is 1. The molecule has 0 unspecified atom stereocenters. The molecule has 0 aromatic carbocycles. The molecule has 0 atom stereocenters. The molecule has 1 aromatic rings. The van der Waals surface area contributed by atoms with E-state index in [1.807, 2.05) is 19.9 Å². The van der Waals surface area contributed by atoms with Gasteiger partial charge in [-0.05, 0) is 26.0 Å². The highest BCUT2D eigenvalue weighted by molar-refractivity contribution is 7.14. The van der Waals surface area contributed by atoms with Gasteiger partial charge in [0.15, 0.2) is 5.78 Å². The largest absolute Gasteiger partial charge is 0.395 e. The highest BCUT2D eigenvalue weighted by atomic mass is 32.1. The van der Waals surface area contributed by atoms with Crippen molar-refractivity contribution in [2.75, 3.05) is 19.7 Å². The molecule has 0 bridgehead atoms. The second-order valence-corrected chi connectivity index (χ2v) is 5.32. The number of hydrogen-bond donors (Lipinski definition) is 1. The van der Waals surface area contributed by atoms with Crippen molar-refractivity contribution in [2.45, 2.75) is 26.7 Å². The number of carbonyl (C=O) groups excluding carboxylic acids is 2. The molecule has 1 amide bonds. The van der Waals surface area contributed by atoms with Crippen molar-refractivity contribution < 1.29 is 14.7 Å². The zero-order chi connectivity index (χ0) is 13.5. The Bertz CT molecular complexity index is 414. The van der Waals surface area contributed by atoms with Gasteiger partial charge in [0.25, 0.3) is 0 Å². The molecule has 100 valence electrons. The van der Waals surface area contributed by atoms with E-state index in [0.29, 0.717) is 18.0 Å². The summed E-state index contributed by atoms with van der Waals surface area (Å²) in [6.07, 6.45) is 0.449. The van der Waals surface area contributed by atoms with Gasteiger partial charge in [0.05, 0.1) is 11.5 Å². The van der Waals surface area contributed by atoms with Crippen LogP contribution in [0.25, 0.3) is 0 Å². The molecule has 1 rings (SSSR count). The predicted molar refractivity (Wildman–Crippen MR) is 72.0 cm³/mol. The van der Waals surface area contributed by atoms with E-state index < -0.39 is 0 Å². The Hall–Kier alpha value is -1.20. The summed E-state index contributed by atoms with van der Waals surface area (Å²) in [6.45, 7) is 4.66.